The molecule has 0 spiro atoms. The van der Waals surface area contributed by atoms with E-state index in [1.165, 1.54) is 5.57 Å². The molecule has 0 amide bonds. The molecule has 0 aromatic heterocycles. The Hall–Kier alpha value is -1.03. The highest BCUT2D eigenvalue weighted by atomic mass is 16.8. The zero-order chi connectivity index (χ0) is 16.4. The summed E-state index contributed by atoms with van der Waals surface area (Å²) in [6, 6.07) is 0. The molecule has 0 aliphatic carbocycles. The van der Waals surface area contributed by atoms with Gasteiger partial charge in [0.2, 0.25) is 0 Å². The highest BCUT2D eigenvalue weighted by Gasteiger charge is 2.53. The van der Waals surface area contributed by atoms with Gasteiger partial charge in [-0.2, -0.15) is 0 Å². The number of hydrogen-bond acceptors (Lipinski definition) is 4. The van der Waals surface area contributed by atoms with Crippen LogP contribution in [0, 0.1) is 0 Å². The number of epoxide rings is 1. The van der Waals surface area contributed by atoms with Crippen molar-refractivity contribution in [2.75, 3.05) is 0 Å². The molecular weight excluding hydrogens is 280 g/mol. The molecule has 4 heteroatoms. The summed E-state index contributed by atoms with van der Waals surface area (Å²) in [6.45, 7) is 10.5. The molecule has 0 bridgehead atoms. The Balaban J connectivity index is 1.78. The van der Waals surface area contributed by atoms with Gasteiger partial charge in [0.05, 0.1) is 11.7 Å². The second-order valence-electron chi connectivity index (χ2n) is 7.08. The van der Waals surface area contributed by atoms with E-state index in [9.17, 15) is 4.79 Å². The van der Waals surface area contributed by atoms with E-state index in [4.69, 9.17) is 14.2 Å². The van der Waals surface area contributed by atoms with E-state index in [1.807, 2.05) is 13.8 Å². The van der Waals surface area contributed by atoms with Gasteiger partial charge in [-0.25, -0.2) is 4.79 Å². The highest BCUT2D eigenvalue weighted by Crippen LogP contribution is 2.45. The van der Waals surface area contributed by atoms with Crippen molar-refractivity contribution < 1.29 is 19.0 Å². The number of hydrogen-bond donors (Lipinski definition) is 0. The topological polar surface area (TPSA) is 48.1 Å². The van der Waals surface area contributed by atoms with Gasteiger partial charge in [-0.3, -0.25) is 0 Å². The second-order valence-corrected chi connectivity index (χ2v) is 7.08. The first-order chi connectivity index (χ1) is 10.3. The summed E-state index contributed by atoms with van der Waals surface area (Å²) in [5.74, 6) is 0. The molecule has 0 radical (unpaired) electrons. The van der Waals surface area contributed by atoms with E-state index >= 15 is 0 Å². The van der Waals surface area contributed by atoms with E-state index in [1.54, 1.807) is 0 Å². The molecule has 0 aromatic carbocycles. The zero-order valence-electron chi connectivity index (χ0n) is 14.6. The largest absolute Gasteiger partial charge is 0.509 e. The van der Waals surface area contributed by atoms with E-state index in [0.29, 0.717) is 6.10 Å². The minimum atomic E-state index is -0.534. The summed E-state index contributed by atoms with van der Waals surface area (Å²) in [6.07, 6.45) is 7.66. The lowest BCUT2D eigenvalue weighted by Gasteiger charge is -2.25. The molecule has 0 saturated carbocycles. The molecule has 2 heterocycles. The van der Waals surface area contributed by atoms with Gasteiger partial charge in [0.1, 0.15) is 11.7 Å². The Morgan fingerprint density at radius 3 is 2.55 bits per heavy atom. The summed E-state index contributed by atoms with van der Waals surface area (Å²) >= 11 is 0. The van der Waals surface area contributed by atoms with Gasteiger partial charge in [0.25, 0.3) is 0 Å². The maximum atomic E-state index is 11.4. The van der Waals surface area contributed by atoms with Crippen LogP contribution < -0.4 is 0 Å². The Labute approximate surface area is 134 Å². The Kier molecular flexibility index (Phi) is 5.21. The molecule has 4 atom stereocenters. The van der Waals surface area contributed by atoms with Gasteiger partial charge in [0, 0.05) is 0 Å². The quantitative estimate of drug-likeness (QED) is 0.368. The third kappa shape index (κ3) is 3.83. The minimum absolute atomic E-state index is 0.0594. The summed E-state index contributed by atoms with van der Waals surface area (Å²) in [5, 5.41) is 0. The smallest absolute Gasteiger partial charge is 0.427 e. The lowest BCUT2D eigenvalue weighted by molar-refractivity contribution is 0.0359. The van der Waals surface area contributed by atoms with E-state index in [-0.39, 0.29) is 11.7 Å². The first-order valence-corrected chi connectivity index (χ1v) is 8.56. The van der Waals surface area contributed by atoms with Crippen molar-refractivity contribution >= 4 is 6.16 Å². The van der Waals surface area contributed by atoms with Crippen molar-refractivity contribution in [3.05, 3.63) is 11.6 Å². The second kappa shape index (κ2) is 6.61. The first kappa shape index (κ1) is 17.3. The molecule has 2 fully saturated rings. The van der Waals surface area contributed by atoms with Crippen LogP contribution >= 0.6 is 0 Å². The van der Waals surface area contributed by atoms with Crippen LogP contribution in [0.1, 0.15) is 73.1 Å². The molecule has 126 valence electrons. The first-order valence-electron chi connectivity index (χ1n) is 8.56. The molecule has 0 aromatic rings. The number of carbonyl (C=O) groups excluding carboxylic acids is 1. The van der Waals surface area contributed by atoms with Crippen molar-refractivity contribution in [2.24, 2.45) is 0 Å². The zero-order valence-corrected chi connectivity index (χ0v) is 14.6. The fraction of sp³-hybridized carbons (Fsp3) is 0.833. The van der Waals surface area contributed by atoms with E-state index in [2.05, 4.69) is 26.8 Å². The van der Waals surface area contributed by atoms with Crippen LogP contribution in [-0.2, 0) is 14.2 Å². The monoisotopic (exact) mass is 310 g/mol. The lowest BCUT2D eigenvalue weighted by atomic mass is 9.88. The fourth-order valence-electron chi connectivity index (χ4n) is 3.29. The van der Waals surface area contributed by atoms with Gasteiger partial charge in [-0.1, -0.05) is 25.5 Å². The van der Waals surface area contributed by atoms with E-state index < -0.39 is 11.8 Å². The maximum absolute atomic E-state index is 11.4. The molecule has 2 rings (SSSR count). The molecule has 2 aliphatic heterocycles. The van der Waals surface area contributed by atoms with Crippen molar-refractivity contribution in [3.8, 4) is 0 Å². The van der Waals surface area contributed by atoms with E-state index in [0.717, 1.165) is 38.5 Å². The number of cyclic esters (lactones) is 2. The lowest BCUT2D eigenvalue weighted by Crippen LogP contribution is -2.36. The molecule has 22 heavy (non-hydrogen) atoms. The Morgan fingerprint density at radius 2 is 1.91 bits per heavy atom. The third-order valence-corrected chi connectivity index (χ3v) is 5.23. The average Bonchev–Trinajstić information content (AvgIpc) is 3.01. The normalized spacial score (nSPS) is 37.9. The Bertz CT molecular complexity index is 444. The number of rotatable bonds is 8. The van der Waals surface area contributed by atoms with Crippen LogP contribution in [0.15, 0.2) is 11.6 Å². The summed E-state index contributed by atoms with van der Waals surface area (Å²) in [5.41, 5.74) is 0.894. The van der Waals surface area contributed by atoms with Crippen LogP contribution in [0.5, 0.6) is 0 Å². The number of carbonyl (C=O) groups is 1. The predicted molar refractivity (Wildman–Crippen MR) is 85.8 cm³/mol. The summed E-state index contributed by atoms with van der Waals surface area (Å²) in [7, 11) is 0. The van der Waals surface area contributed by atoms with Gasteiger partial charge in [0.15, 0.2) is 0 Å². The van der Waals surface area contributed by atoms with Crippen molar-refractivity contribution in [1.29, 1.82) is 0 Å². The summed E-state index contributed by atoms with van der Waals surface area (Å²) in [4.78, 5) is 11.4. The molecule has 4 nitrogen and oxygen atoms in total. The molecule has 2 saturated heterocycles. The highest BCUT2D eigenvalue weighted by molar-refractivity contribution is 5.63. The SMILES string of the molecule is CCC=C(C)CCC1OC1(C)CCC1OC(=O)OC1(C)CC. The van der Waals surface area contributed by atoms with Crippen LogP contribution in [0.3, 0.4) is 0 Å². The number of allylic oxidation sites excluding steroid dienone is 2. The minimum Gasteiger partial charge on any atom is -0.427 e. The van der Waals surface area contributed by atoms with Crippen molar-refractivity contribution in [2.45, 2.75) is 96.6 Å². The van der Waals surface area contributed by atoms with Gasteiger partial charge in [-0.15, -0.1) is 0 Å². The Morgan fingerprint density at radius 1 is 1.18 bits per heavy atom. The average molecular weight is 310 g/mol. The maximum Gasteiger partial charge on any atom is 0.509 e. The van der Waals surface area contributed by atoms with Crippen LogP contribution in [-0.4, -0.2) is 29.6 Å². The molecular formula is C18H30O4. The standard InChI is InChI=1S/C18H30O4/c1-6-8-13(3)9-10-15-18(5,21-15)12-11-14-17(4,7-2)22-16(19)20-14/h8,14-15H,6-7,9-12H2,1-5H3. The van der Waals surface area contributed by atoms with Crippen LogP contribution in [0.4, 0.5) is 4.79 Å². The molecule has 0 N–H and O–H groups in total. The van der Waals surface area contributed by atoms with Crippen LogP contribution in [0.2, 0.25) is 0 Å². The molecule has 2 aliphatic rings. The predicted octanol–water partition coefficient (Wildman–Crippen LogP) is 4.76. The fourth-order valence-corrected chi connectivity index (χ4v) is 3.29. The molecule has 4 unspecified atom stereocenters. The van der Waals surface area contributed by atoms with Gasteiger partial charge in [-0.05, 0) is 59.3 Å². The van der Waals surface area contributed by atoms with Crippen molar-refractivity contribution in [1.82, 2.24) is 0 Å². The van der Waals surface area contributed by atoms with Gasteiger partial charge >= 0.3 is 6.16 Å². The van der Waals surface area contributed by atoms with Crippen LogP contribution in [0.25, 0.3) is 0 Å². The number of ether oxygens (including phenoxy) is 3. The van der Waals surface area contributed by atoms with Crippen molar-refractivity contribution in [3.63, 3.8) is 0 Å². The van der Waals surface area contributed by atoms with Gasteiger partial charge < -0.3 is 14.2 Å². The third-order valence-electron chi connectivity index (χ3n) is 5.23. The summed E-state index contributed by atoms with van der Waals surface area (Å²) < 4.78 is 16.6.